The molecule has 0 bridgehead atoms. The maximum atomic E-state index is 12.7. The zero-order valence-corrected chi connectivity index (χ0v) is 12.9. The highest BCUT2D eigenvalue weighted by molar-refractivity contribution is 7.99. The van der Waals surface area contributed by atoms with E-state index < -0.39 is 23.0 Å². The Morgan fingerprint density at radius 3 is 2.65 bits per heavy atom. The molecule has 3 N–H and O–H groups in total. The number of amides is 1. The lowest BCUT2D eigenvalue weighted by atomic mass is 9.54. The van der Waals surface area contributed by atoms with E-state index in [2.05, 4.69) is 0 Å². The Labute approximate surface area is 123 Å². The van der Waals surface area contributed by atoms with E-state index in [-0.39, 0.29) is 12.0 Å². The average molecular weight is 302 g/mol. The summed E-state index contributed by atoms with van der Waals surface area (Å²) in [4.78, 5) is 25.3. The number of nitrogens with two attached hydrogens (primary N) is 1. The third-order valence-electron chi connectivity index (χ3n) is 4.64. The van der Waals surface area contributed by atoms with Crippen LogP contribution < -0.4 is 5.73 Å². The van der Waals surface area contributed by atoms with Crippen molar-refractivity contribution in [1.82, 2.24) is 4.90 Å². The largest absolute Gasteiger partial charge is 0.480 e. The minimum Gasteiger partial charge on any atom is -0.480 e. The SMILES string of the molecule is CCOC1CC(N)(C(=O)N2CSCC2C(=O)O)C1(C)C. The van der Waals surface area contributed by atoms with E-state index in [0.717, 1.165) is 0 Å². The number of carboxylic acid groups (broad SMARTS) is 1. The molecule has 20 heavy (non-hydrogen) atoms. The summed E-state index contributed by atoms with van der Waals surface area (Å²) >= 11 is 1.45. The first kappa shape index (κ1) is 15.6. The molecule has 2 fully saturated rings. The predicted molar refractivity (Wildman–Crippen MR) is 76.3 cm³/mol. The molecule has 1 heterocycles. The Morgan fingerprint density at radius 2 is 2.15 bits per heavy atom. The Balaban J connectivity index is 2.15. The van der Waals surface area contributed by atoms with Crippen molar-refractivity contribution in [2.45, 2.75) is 44.9 Å². The standard InChI is InChI=1S/C13H22N2O4S/c1-4-19-9-5-13(14,12(9,2)3)11(18)15-7-20-6-8(15)10(16)17/h8-9H,4-7,14H2,1-3H3,(H,16,17). The molecule has 1 aliphatic heterocycles. The molecule has 2 rings (SSSR count). The maximum Gasteiger partial charge on any atom is 0.327 e. The molecular formula is C13H22N2O4S. The highest BCUT2D eigenvalue weighted by atomic mass is 32.2. The van der Waals surface area contributed by atoms with Gasteiger partial charge in [-0.25, -0.2) is 4.79 Å². The highest BCUT2D eigenvalue weighted by Crippen LogP contribution is 2.51. The van der Waals surface area contributed by atoms with Crippen LogP contribution in [0.5, 0.6) is 0 Å². The van der Waals surface area contributed by atoms with Crippen molar-refractivity contribution in [2.75, 3.05) is 18.2 Å². The third kappa shape index (κ3) is 2.12. The quantitative estimate of drug-likeness (QED) is 0.786. The molecule has 0 aromatic carbocycles. The summed E-state index contributed by atoms with van der Waals surface area (Å²) in [5.74, 6) is -0.419. The summed E-state index contributed by atoms with van der Waals surface area (Å²) in [6.45, 7) is 6.31. The smallest absolute Gasteiger partial charge is 0.327 e. The first-order valence-electron chi connectivity index (χ1n) is 6.77. The fourth-order valence-electron chi connectivity index (χ4n) is 2.90. The summed E-state index contributed by atoms with van der Waals surface area (Å²) in [7, 11) is 0. The van der Waals surface area contributed by atoms with Crippen LogP contribution in [0.2, 0.25) is 0 Å². The number of carbonyl (C=O) groups excluding carboxylic acids is 1. The fourth-order valence-corrected chi connectivity index (χ4v) is 4.05. The second-order valence-electron chi connectivity index (χ2n) is 5.97. The van der Waals surface area contributed by atoms with E-state index in [1.807, 2.05) is 20.8 Å². The number of rotatable bonds is 4. The molecule has 1 saturated heterocycles. The topological polar surface area (TPSA) is 92.9 Å². The third-order valence-corrected chi connectivity index (χ3v) is 5.65. The van der Waals surface area contributed by atoms with E-state index >= 15 is 0 Å². The molecule has 0 spiro atoms. The van der Waals surface area contributed by atoms with E-state index in [0.29, 0.717) is 24.7 Å². The normalized spacial score (nSPS) is 35.7. The number of hydrogen-bond acceptors (Lipinski definition) is 5. The lowest BCUT2D eigenvalue weighted by Crippen LogP contribution is -2.76. The number of nitrogens with zero attached hydrogens (tertiary/aromatic N) is 1. The Morgan fingerprint density at radius 1 is 1.50 bits per heavy atom. The van der Waals surface area contributed by atoms with Crippen molar-refractivity contribution in [3.05, 3.63) is 0 Å². The first-order chi connectivity index (χ1) is 9.25. The minimum absolute atomic E-state index is 0.0556. The number of thioether (sulfide) groups is 1. The summed E-state index contributed by atoms with van der Waals surface area (Å²) in [6.07, 6.45) is 0.389. The van der Waals surface area contributed by atoms with Gasteiger partial charge in [-0.05, 0) is 6.92 Å². The highest BCUT2D eigenvalue weighted by Gasteiger charge is 2.64. The van der Waals surface area contributed by atoms with Gasteiger partial charge in [0.05, 0.1) is 12.0 Å². The zero-order chi connectivity index (χ0) is 15.1. The van der Waals surface area contributed by atoms with Crippen molar-refractivity contribution in [3.8, 4) is 0 Å². The minimum atomic E-state index is -1.04. The molecule has 0 radical (unpaired) electrons. The number of aliphatic carboxylic acids is 1. The summed E-state index contributed by atoms with van der Waals surface area (Å²) in [5, 5.41) is 9.18. The van der Waals surface area contributed by atoms with Gasteiger partial charge in [-0.1, -0.05) is 13.8 Å². The molecule has 1 amide bonds. The molecule has 6 nitrogen and oxygen atoms in total. The van der Waals surface area contributed by atoms with E-state index in [1.165, 1.54) is 16.7 Å². The molecule has 3 atom stereocenters. The molecular weight excluding hydrogens is 280 g/mol. The molecule has 114 valence electrons. The first-order valence-corrected chi connectivity index (χ1v) is 7.93. The van der Waals surface area contributed by atoms with Crippen molar-refractivity contribution in [3.63, 3.8) is 0 Å². The van der Waals surface area contributed by atoms with Gasteiger partial charge < -0.3 is 20.5 Å². The van der Waals surface area contributed by atoms with E-state index in [1.54, 1.807) is 0 Å². The average Bonchev–Trinajstić information content (AvgIpc) is 2.86. The van der Waals surface area contributed by atoms with Crippen LogP contribution >= 0.6 is 11.8 Å². The van der Waals surface area contributed by atoms with Crippen LogP contribution in [0.1, 0.15) is 27.2 Å². The van der Waals surface area contributed by atoms with Crippen LogP contribution in [0.25, 0.3) is 0 Å². The van der Waals surface area contributed by atoms with Gasteiger partial charge >= 0.3 is 5.97 Å². The molecule has 1 saturated carbocycles. The number of carboxylic acids is 1. The number of hydrogen-bond donors (Lipinski definition) is 2. The van der Waals surface area contributed by atoms with Gasteiger partial charge in [0.15, 0.2) is 0 Å². The molecule has 0 aromatic rings. The van der Waals surface area contributed by atoms with Crippen molar-refractivity contribution in [1.29, 1.82) is 0 Å². The predicted octanol–water partition coefficient (Wildman–Crippen LogP) is 0.505. The van der Waals surface area contributed by atoms with Crippen LogP contribution in [-0.4, -0.2) is 57.8 Å². The van der Waals surface area contributed by atoms with Gasteiger partial charge in [-0.15, -0.1) is 11.8 Å². The monoisotopic (exact) mass is 302 g/mol. The van der Waals surface area contributed by atoms with Crippen molar-refractivity contribution in [2.24, 2.45) is 11.1 Å². The zero-order valence-electron chi connectivity index (χ0n) is 12.1. The lowest BCUT2D eigenvalue weighted by molar-refractivity contribution is -0.181. The van der Waals surface area contributed by atoms with Gasteiger partial charge in [-0.3, -0.25) is 4.79 Å². The van der Waals surface area contributed by atoms with E-state index in [4.69, 9.17) is 10.5 Å². The summed E-state index contributed by atoms with van der Waals surface area (Å²) < 4.78 is 5.60. The number of carbonyl (C=O) groups is 2. The maximum absolute atomic E-state index is 12.7. The van der Waals surface area contributed by atoms with Crippen molar-refractivity contribution < 1.29 is 19.4 Å². The second-order valence-corrected chi connectivity index (χ2v) is 6.97. The second kappa shape index (κ2) is 5.20. The Hall–Kier alpha value is -0.790. The van der Waals surface area contributed by atoms with Gasteiger partial charge in [0, 0.05) is 24.2 Å². The summed E-state index contributed by atoms with van der Waals surface area (Å²) in [5.41, 5.74) is 4.79. The van der Waals surface area contributed by atoms with Crippen LogP contribution in [0.4, 0.5) is 0 Å². The van der Waals surface area contributed by atoms with Gasteiger partial charge in [0.25, 0.3) is 0 Å². The fraction of sp³-hybridized carbons (Fsp3) is 0.846. The molecule has 7 heteroatoms. The van der Waals surface area contributed by atoms with E-state index in [9.17, 15) is 14.7 Å². The molecule has 1 aliphatic carbocycles. The van der Waals surface area contributed by atoms with Gasteiger partial charge in [-0.2, -0.15) is 0 Å². The van der Waals surface area contributed by atoms with Gasteiger partial charge in [0.2, 0.25) is 5.91 Å². The molecule has 2 aliphatic rings. The van der Waals surface area contributed by atoms with Crippen molar-refractivity contribution >= 4 is 23.6 Å². The van der Waals surface area contributed by atoms with Crippen LogP contribution in [0.15, 0.2) is 0 Å². The van der Waals surface area contributed by atoms with Gasteiger partial charge in [0.1, 0.15) is 11.6 Å². The summed E-state index contributed by atoms with van der Waals surface area (Å²) in [6, 6.07) is -0.769. The number of ether oxygens (including phenoxy) is 1. The van der Waals surface area contributed by atoms with Crippen LogP contribution in [-0.2, 0) is 14.3 Å². The molecule has 0 aromatic heterocycles. The lowest BCUT2D eigenvalue weighted by Gasteiger charge is -2.58. The Kier molecular flexibility index (Phi) is 4.05. The molecule has 3 unspecified atom stereocenters. The Bertz CT molecular complexity index is 429. The van der Waals surface area contributed by atoms with Crippen LogP contribution in [0.3, 0.4) is 0 Å². The van der Waals surface area contributed by atoms with Crippen LogP contribution in [0, 0.1) is 5.41 Å².